The molecule has 5 heteroatoms. The Labute approximate surface area is 151 Å². The number of likely N-dealkylation sites (tertiary alicyclic amines) is 1. The quantitative estimate of drug-likeness (QED) is 0.563. The molecule has 1 aromatic rings. The zero-order valence-corrected chi connectivity index (χ0v) is 15.8. The summed E-state index contributed by atoms with van der Waals surface area (Å²) in [5.74, 6) is 1.83. The van der Waals surface area contributed by atoms with Crippen LogP contribution in [0.5, 0.6) is 0 Å². The summed E-state index contributed by atoms with van der Waals surface area (Å²) in [6.07, 6.45) is 2.82. The van der Waals surface area contributed by atoms with E-state index in [4.69, 9.17) is 0 Å². The highest BCUT2D eigenvalue weighted by atomic mass is 16.2. The number of hydrogen-bond donors (Lipinski definition) is 2. The van der Waals surface area contributed by atoms with Crippen LogP contribution >= 0.6 is 0 Å². The van der Waals surface area contributed by atoms with E-state index in [0.717, 1.165) is 45.0 Å². The number of carbonyl (C=O) groups excluding carboxylic acids is 1. The van der Waals surface area contributed by atoms with Crippen LogP contribution in [0.25, 0.3) is 0 Å². The first-order chi connectivity index (χ1) is 12.1. The molecule has 1 aliphatic rings. The van der Waals surface area contributed by atoms with Gasteiger partial charge in [-0.3, -0.25) is 4.79 Å². The van der Waals surface area contributed by atoms with Crippen LogP contribution in [0.1, 0.15) is 51.2 Å². The number of aliphatic imine (C=N–C) groups is 1. The monoisotopic (exact) mass is 344 g/mol. The number of hydrogen-bond acceptors (Lipinski definition) is 2. The van der Waals surface area contributed by atoms with E-state index in [1.54, 1.807) is 0 Å². The molecule has 0 spiro atoms. The van der Waals surface area contributed by atoms with Gasteiger partial charge < -0.3 is 15.5 Å². The van der Waals surface area contributed by atoms with E-state index in [1.807, 2.05) is 4.90 Å². The number of amides is 1. The molecule has 1 saturated heterocycles. The molecule has 0 aliphatic carbocycles. The van der Waals surface area contributed by atoms with E-state index in [0.29, 0.717) is 18.9 Å². The van der Waals surface area contributed by atoms with Gasteiger partial charge in [-0.1, -0.05) is 38.1 Å². The first kappa shape index (κ1) is 19.3. The molecule has 1 heterocycles. The summed E-state index contributed by atoms with van der Waals surface area (Å²) in [5.41, 5.74) is 2.36. The molecule has 1 aromatic carbocycles. The van der Waals surface area contributed by atoms with Crippen molar-refractivity contribution >= 4 is 11.9 Å². The van der Waals surface area contributed by atoms with Crippen LogP contribution in [0, 0.1) is 5.92 Å². The lowest BCUT2D eigenvalue weighted by Crippen LogP contribution is -2.38. The molecule has 0 radical (unpaired) electrons. The number of carbonyl (C=O) groups is 1. The molecule has 138 valence electrons. The summed E-state index contributed by atoms with van der Waals surface area (Å²) in [6.45, 7) is 10.6. The van der Waals surface area contributed by atoms with Crippen molar-refractivity contribution in [3.05, 3.63) is 35.4 Å². The van der Waals surface area contributed by atoms with Crippen molar-refractivity contribution in [1.29, 1.82) is 0 Å². The lowest BCUT2D eigenvalue weighted by molar-refractivity contribution is -0.128. The van der Waals surface area contributed by atoms with Gasteiger partial charge in [0, 0.05) is 32.6 Å². The standard InChI is InChI=1S/C20H32N4O/c1-4-21-20(22-12-11-16(2)3)23-14-17-7-9-18(10-8-17)15-24-13-5-6-19(24)25/h7-10,16H,4-6,11-15H2,1-3H3,(H2,21,22,23). The van der Waals surface area contributed by atoms with Crippen LogP contribution in [-0.4, -0.2) is 36.4 Å². The summed E-state index contributed by atoms with van der Waals surface area (Å²) in [7, 11) is 0. The summed E-state index contributed by atoms with van der Waals surface area (Å²) < 4.78 is 0. The Bertz CT molecular complexity index is 566. The normalized spacial score (nSPS) is 15.1. The van der Waals surface area contributed by atoms with Gasteiger partial charge in [-0.2, -0.15) is 0 Å². The van der Waals surface area contributed by atoms with Gasteiger partial charge in [0.05, 0.1) is 6.54 Å². The molecule has 2 N–H and O–H groups in total. The first-order valence-corrected chi connectivity index (χ1v) is 9.46. The van der Waals surface area contributed by atoms with Crippen LogP contribution in [-0.2, 0) is 17.9 Å². The molecule has 0 unspecified atom stereocenters. The molecular weight excluding hydrogens is 312 g/mol. The topological polar surface area (TPSA) is 56.7 Å². The lowest BCUT2D eigenvalue weighted by Gasteiger charge is -2.15. The maximum absolute atomic E-state index is 11.7. The molecule has 2 rings (SSSR count). The van der Waals surface area contributed by atoms with Gasteiger partial charge in [0.25, 0.3) is 0 Å². The Balaban J connectivity index is 1.86. The Hall–Kier alpha value is -2.04. The van der Waals surface area contributed by atoms with Gasteiger partial charge in [0.1, 0.15) is 0 Å². The van der Waals surface area contributed by atoms with E-state index in [9.17, 15) is 4.79 Å². The number of benzene rings is 1. The third-order valence-electron chi connectivity index (χ3n) is 4.35. The average Bonchev–Trinajstić information content (AvgIpc) is 2.98. The Kier molecular flexibility index (Phi) is 7.76. The Morgan fingerprint density at radius 2 is 1.92 bits per heavy atom. The van der Waals surface area contributed by atoms with E-state index < -0.39 is 0 Å². The Morgan fingerprint density at radius 1 is 1.20 bits per heavy atom. The minimum absolute atomic E-state index is 0.274. The molecule has 0 atom stereocenters. The van der Waals surface area contributed by atoms with Crippen molar-refractivity contribution in [3.63, 3.8) is 0 Å². The highest BCUT2D eigenvalue weighted by Gasteiger charge is 2.19. The van der Waals surface area contributed by atoms with Gasteiger partial charge >= 0.3 is 0 Å². The molecule has 0 bridgehead atoms. The van der Waals surface area contributed by atoms with Gasteiger partial charge in [-0.15, -0.1) is 0 Å². The fourth-order valence-electron chi connectivity index (χ4n) is 2.83. The van der Waals surface area contributed by atoms with Crippen molar-refractivity contribution in [3.8, 4) is 0 Å². The smallest absolute Gasteiger partial charge is 0.222 e. The number of rotatable bonds is 8. The summed E-state index contributed by atoms with van der Waals surface area (Å²) in [6, 6.07) is 8.43. The van der Waals surface area contributed by atoms with Gasteiger partial charge in [0.15, 0.2) is 5.96 Å². The second-order valence-corrected chi connectivity index (χ2v) is 7.04. The lowest BCUT2D eigenvalue weighted by atomic mass is 10.1. The van der Waals surface area contributed by atoms with Crippen molar-refractivity contribution < 1.29 is 4.79 Å². The van der Waals surface area contributed by atoms with Crippen LogP contribution in [0.4, 0.5) is 0 Å². The third kappa shape index (κ3) is 6.77. The second-order valence-electron chi connectivity index (χ2n) is 7.04. The van der Waals surface area contributed by atoms with Crippen molar-refractivity contribution in [2.24, 2.45) is 10.9 Å². The summed E-state index contributed by atoms with van der Waals surface area (Å²) in [5, 5.41) is 6.67. The number of nitrogens with zero attached hydrogens (tertiary/aromatic N) is 2. The highest BCUT2D eigenvalue weighted by Crippen LogP contribution is 2.15. The van der Waals surface area contributed by atoms with Gasteiger partial charge in [-0.25, -0.2) is 4.99 Å². The SMILES string of the molecule is CCNC(=NCc1ccc(CN2CCCC2=O)cc1)NCCC(C)C. The van der Waals surface area contributed by atoms with E-state index in [2.05, 4.69) is 60.7 Å². The van der Waals surface area contributed by atoms with Crippen molar-refractivity contribution in [2.45, 2.75) is 53.1 Å². The maximum atomic E-state index is 11.7. The maximum Gasteiger partial charge on any atom is 0.222 e. The van der Waals surface area contributed by atoms with Crippen LogP contribution in [0.15, 0.2) is 29.3 Å². The fraction of sp³-hybridized carbons (Fsp3) is 0.600. The zero-order chi connectivity index (χ0) is 18.1. The van der Waals surface area contributed by atoms with Gasteiger partial charge in [0.2, 0.25) is 5.91 Å². The highest BCUT2D eigenvalue weighted by molar-refractivity contribution is 5.79. The molecule has 25 heavy (non-hydrogen) atoms. The molecule has 0 saturated carbocycles. The van der Waals surface area contributed by atoms with E-state index >= 15 is 0 Å². The molecule has 1 fully saturated rings. The average molecular weight is 345 g/mol. The summed E-state index contributed by atoms with van der Waals surface area (Å²) in [4.78, 5) is 18.3. The molecule has 5 nitrogen and oxygen atoms in total. The van der Waals surface area contributed by atoms with Crippen LogP contribution < -0.4 is 10.6 Å². The second kappa shape index (κ2) is 10.1. The van der Waals surface area contributed by atoms with Crippen molar-refractivity contribution in [1.82, 2.24) is 15.5 Å². The zero-order valence-electron chi connectivity index (χ0n) is 15.8. The number of guanidine groups is 1. The fourth-order valence-corrected chi connectivity index (χ4v) is 2.83. The molecule has 0 aromatic heterocycles. The molecular formula is C20H32N4O. The van der Waals surface area contributed by atoms with Crippen molar-refractivity contribution in [2.75, 3.05) is 19.6 Å². The summed E-state index contributed by atoms with van der Waals surface area (Å²) >= 11 is 0. The van der Waals surface area contributed by atoms with E-state index in [1.165, 1.54) is 11.1 Å². The Morgan fingerprint density at radius 3 is 2.52 bits per heavy atom. The van der Waals surface area contributed by atoms with E-state index in [-0.39, 0.29) is 5.91 Å². The molecule has 1 aliphatic heterocycles. The predicted molar refractivity (Wildman–Crippen MR) is 103 cm³/mol. The third-order valence-corrected chi connectivity index (χ3v) is 4.35. The van der Waals surface area contributed by atoms with Gasteiger partial charge in [-0.05, 0) is 36.8 Å². The minimum atomic E-state index is 0.274. The molecule has 1 amide bonds. The van der Waals surface area contributed by atoms with Crippen LogP contribution in [0.3, 0.4) is 0 Å². The number of nitrogens with one attached hydrogen (secondary N) is 2. The van der Waals surface area contributed by atoms with Crippen LogP contribution in [0.2, 0.25) is 0 Å². The first-order valence-electron chi connectivity index (χ1n) is 9.46. The largest absolute Gasteiger partial charge is 0.357 e. The minimum Gasteiger partial charge on any atom is -0.357 e. The predicted octanol–water partition coefficient (Wildman–Crippen LogP) is 2.91.